The van der Waals surface area contributed by atoms with Crippen molar-refractivity contribution in [1.29, 1.82) is 0 Å². The molecule has 0 spiro atoms. The van der Waals surface area contributed by atoms with Gasteiger partial charge in [-0.25, -0.2) is 9.78 Å². The molecular weight excluding hydrogens is 382 g/mol. The summed E-state index contributed by atoms with van der Waals surface area (Å²) in [6.07, 6.45) is 3.44. The molecule has 2 aromatic heterocycles. The molecular formula is C18H17N5O4S. The molecule has 2 heterocycles. The number of thiazole rings is 1. The highest BCUT2D eigenvalue weighted by atomic mass is 32.1. The molecule has 0 aliphatic rings. The van der Waals surface area contributed by atoms with Crippen LogP contribution in [0.2, 0.25) is 0 Å². The van der Waals surface area contributed by atoms with Crippen LogP contribution in [0.25, 0.3) is 10.6 Å². The Labute approximate surface area is 164 Å². The molecule has 3 aromatic rings. The number of esters is 1. The lowest BCUT2D eigenvalue weighted by atomic mass is 10.2. The van der Waals surface area contributed by atoms with E-state index in [1.807, 2.05) is 0 Å². The first-order chi connectivity index (χ1) is 13.5. The van der Waals surface area contributed by atoms with Crippen molar-refractivity contribution in [3.63, 3.8) is 0 Å². The summed E-state index contributed by atoms with van der Waals surface area (Å²) in [6.45, 7) is -0.449. The molecule has 0 fully saturated rings. The molecule has 0 saturated heterocycles. The average molecular weight is 399 g/mol. The lowest BCUT2D eigenvalue weighted by Gasteiger charge is -2.06. The van der Waals surface area contributed by atoms with E-state index in [1.54, 1.807) is 53.8 Å². The van der Waals surface area contributed by atoms with Crippen LogP contribution in [-0.4, -0.2) is 46.2 Å². The molecule has 28 heavy (non-hydrogen) atoms. The Balaban J connectivity index is 1.52. The van der Waals surface area contributed by atoms with Crippen molar-refractivity contribution in [2.45, 2.75) is 0 Å². The first kappa shape index (κ1) is 19.2. The Morgan fingerprint density at radius 2 is 1.96 bits per heavy atom. The van der Waals surface area contributed by atoms with E-state index in [2.05, 4.69) is 20.7 Å². The van der Waals surface area contributed by atoms with Gasteiger partial charge in [-0.3, -0.25) is 14.3 Å². The van der Waals surface area contributed by atoms with Crippen molar-refractivity contribution in [2.24, 2.45) is 7.05 Å². The number of amides is 2. The van der Waals surface area contributed by atoms with E-state index in [0.29, 0.717) is 16.3 Å². The second-order valence-corrected chi connectivity index (χ2v) is 6.58. The number of anilines is 1. The van der Waals surface area contributed by atoms with Crippen LogP contribution in [0.3, 0.4) is 0 Å². The number of nitrogens with one attached hydrogen (secondary N) is 2. The van der Waals surface area contributed by atoms with Gasteiger partial charge in [0.05, 0.1) is 6.20 Å². The molecule has 0 radical (unpaired) electrons. The number of aromatic nitrogens is 3. The zero-order valence-electron chi connectivity index (χ0n) is 15.1. The number of nitrogens with zero attached hydrogens (tertiary/aromatic N) is 3. The largest absolute Gasteiger partial charge is 0.451 e. The SMILES string of the molecule is CNC(=O)c1ccc(NC(=O)COC(=O)c2csc(-c3cnn(C)c3)n2)cc1. The van der Waals surface area contributed by atoms with E-state index in [-0.39, 0.29) is 11.6 Å². The minimum atomic E-state index is -0.684. The monoisotopic (exact) mass is 399 g/mol. The van der Waals surface area contributed by atoms with Gasteiger partial charge < -0.3 is 15.4 Å². The van der Waals surface area contributed by atoms with Crippen LogP contribution in [0.15, 0.2) is 42.0 Å². The maximum atomic E-state index is 12.1. The summed E-state index contributed by atoms with van der Waals surface area (Å²) in [6, 6.07) is 6.33. The van der Waals surface area contributed by atoms with E-state index in [4.69, 9.17) is 4.74 Å². The molecule has 0 unspecified atom stereocenters. The van der Waals surface area contributed by atoms with Crippen LogP contribution in [0, 0.1) is 0 Å². The Morgan fingerprint density at radius 3 is 2.61 bits per heavy atom. The predicted molar refractivity (Wildman–Crippen MR) is 103 cm³/mol. The van der Waals surface area contributed by atoms with Crippen molar-refractivity contribution < 1.29 is 19.1 Å². The summed E-state index contributed by atoms with van der Waals surface area (Å²) in [4.78, 5) is 39.7. The molecule has 0 bridgehead atoms. The standard InChI is InChI=1S/C18H17N5O4S/c1-19-16(25)11-3-5-13(6-4-11)21-15(24)9-27-18(26)14-10-28-17(22-14)12-7-20-23(2)8-12/h3-8,10H,9H2,1-2H3,(H,19,25)(H,21,24). The average Bonchev–Trinajstić information content (AvgIpc) is 3.35. The molecule has 2 amide bonds. The van der Waals surface area contributed by atoms with E-state index < -0.39 is 18.5 Å². The van der Waals surface area contributed by atoms with E-state index in [0.717, 1.165) is 5.56 Å². The second-order valence-electron chi connectivity index (χ2n) is 5.72. The minimum Gasteiger partial charge on any atom is -0.451 e. The van der Waals surface area contributed by atoms with Crippen LogP contribution in [0.1, 0.15) is 20.8 Å². The molecule has 0 atom stereocenters. The Kier molecular flexibility index (Phi) is 5.80. The van der Waals surface area contributed by atoms with Gasteiger partial charge in [0.25, 0.3) is 11.8 Å². The number of hydrogen-bond acceptors (Lipinski definition) is 7. The van der Waals surface area contributed by atoms with Gasteiger partial charge >= 0.3 is 5.97 Å². The smallest absolute Gasteiger partial charge is 0.358 e. The number of hydrogen-bond donors (Lipinski definition) is 2. The molecule has 2 N–H and O–H groups in total. The highest BCUT2D eigenvalue weighted by Gasteiger charge is 2.16. The molecule has 1 aromatic carbocycles. The lowest BCUT2D eigenvalue weighted by molar-refractivity contribution is -0.119. The van der Waals surface area contributed by atoms with Gasteiger partial charge in [0.2, 0.25) is 0 Å². The Hall–Kier alpha value is -3.53. The summed E-state index contributed by atoms with van der Waals surface area (Å²) >= 11 is 1.29. The first-order valence-electron chi connectivity index (χ1n) is 8.20. The van der Waals surface area contributed by atoms with Crippen LogP contribution in [-0.2, 0) is 16.6 Å². The quantitative estimate of drug-likeness (QED) is 0.610. The van der Waals surface area contributed by atoms with Crippen molar-refractivity contribution in [2.75, 3.05) is 19.0 Å². The van der Waals surface area contributed by atoms with Crippen molar-refractivity contribution in [3.8, 4) is 10.6 Å². The van der Waals surface area contributed by atoms with E-state index in [1.165, 1.54) is 18.4 Å². The highest BCUT2D eigenvalue weighted by molar-refractivity contribution is 7.13. The summed E-state index contributed by atoms with van der Waals surface area (Å²) in [5.74, 6) is -1.40. The zero-order chi connectivity index (χ0) is 20.1. The van der Waals surface area contributed by atoms with E-state index in [9.17, 15) is 14.4 Å². The maximum absolute atomic E-state index is 12.1. The minimum absolute atomic E-state index is 0.131. The second kappa shape index (κ2) is 8.44. The van der Waals surface area contributed by atoms with Crippen LogP contribution < -0.4 is 10.6 Å². The van der Waals surface area contributed by atoms with Crippen molar-refractivity contribution in [3.05, 3.63) is 53.3 Å². The zero-order valence-corrected chi connectivity index (χ0v) is 15.9. The summed E-state index contributed by atoms with van der Waals surface area (Å²) in [5.41, 5.74) is 1.89. The fraction of sp³-hybridized carbons (Fsp3) is 0.167. The van der Waals surface area contributed by atoms with Gasteiger partial charge in [0, 0.05) is 42.5 Å². The van der Waals surface area contributed by atoms with Gasteiger partial charge in [-0.05, 0) is 24.3 Å². The number of carbonyl (C=O) groups is 3. The van der Waals surface area contributed by atoms with Gasteiger partial charge in [0.15, 0.2) is 12.3 Å². The molecule has 0 aliphatic carbocycles. The van der Waals surface area contributed by atoms with E-state index >= 15 is 0 Å². The number of rotatable bonds is 6. The van der Waals surface area contributed by atoms with Crippen molar-refractivity contribution >= 4 is 34.8 Å². The van der Waals surface area contributed by atoms with Crippen LogP contribution in [0.4, 0.5) is 5.69 Å². The van der Waals surface area contributed by atoms with Gasteiger partial charge in [-0.1, -0.05) is 0 Å². The van der Waals surface area contributed by atoms with Gasteiger partial charge in [0.1, 0.15) is 5.01 Å². The van der Waals surface area contributed by atoms with Crippen LogP contribution in [0.5, 0.6) is 0 Å². The summed E-state index contributed by atoms with van der Waals surface area (Å²) in [5, 5.41) is 11.4. The fourth-order valence-electron chi connectivity index (χ4n) is 2.28. The number of aryl methyl sites for hydroxylation is 1. The molecule has 144 valence electrons. The topological polar surface area (TPSA) is 115 Å². The Bertz CT molecular complexity index is 1010. The highest BCUT2D eigenvalue weighted by Crippen LogP contribution is 2.23. The predicted octanol–water partition coefficient (Wildman–Crippen LogP) is 1.70. The summed E-state index contributed by atoms with van der Waals surface area (Å²) in [7, 11) is 3.32. The summed E-state index contributed by atoms with van der Waals surface area (Å²) < 4.78 is 6.64. The third-order valence-electron chi connectivity index (χ3n) is 3.66. The molecule has 3 rings (SSSR count). The third-order valence-corrected chi connectivity index (χ3v) is 4.55. The molecule has 10 heteroatoms. The molecule has 0 aliphatic heterocycles. The number of carbonyl (C=O) groups excluding carboxylic acids is 3. The van der Waals surface area contributed by atoms with Gasteiger partial charge in [-0.2, -0.15) is 5.10 Å². The Morgan fingerprint density at radius 1 is 1.21 bits per heavy atom. The molecule has 9 nitrogen and oxygen atoms in total. The van der Waals surface area contributed by atoms with Crippen molar-refractivity contribution in [1.82, 2.24) is 20.1 Å². The number of ether oxygens (including phenoxy) is 1. The lowest BCUT2D eigenvalue weighted by Crippen LogP contribution is -2.21. The van der Waals surface area contributed by atoms with Gasteiger partial charge in [-0.15, -0.1) is 11.3 Å². The number of benzene rings is 1. The maximum Gasteiger partial charge on any atom is 0.358 e. The normalized spacial score (nSPS) is 10.4. The molecule has 0 saturated carbocycles. The first-order valence-corrected chi connectivity index (χ1v) is 9.08. The fourth-order valence-corrected chi connectivity index (χ4v) is 3.05. The van der Waals surface area contributed by atoms with Crippen LogP contribution >= 0.6 is 11.3 Å². The third kappa shape index (κ3) is 4.60.